The first-order chi connectivity index (χ1) is 8.68. The van der Waals surface area contributed by atoms with E-state index < -0.39 is 5.97 Å². The van der Waals surface area contributed by atoms with Gasteiger partial charge in [-0.15, -0.1) is 0 Å². The van der Waals surface area contributed by atoms with E-state index in [0.29, 0.717) is 0 Å². The molecule has 2 aromatic rings. The van der Waals surface area contributed by atoms with Gasteiger partial charge >= 0.3 is 5.97 Å². The number of aryl methyl sites for hydroxylation is 1. The average molecular weight is 244 g/mol. The minimum atomic E-state index is -0.766. The molecule has 2 heterocycles. The molecule has 0 radical (unpaired) electrons. The molecule has 94 valence electrons. The third kappa shape index (κ3) is 1.61. The first kappa shape index (κ1) is 11.3. The number of carboxylic acid groups (broad SMARTS) is 1. The Balaban J connectivity index is 2.32. The molecule has 0 bridgehead atoms. The quantitative estimate of drug-likeness (QED) is 0.845. The largest absolute Gasteiger partial charge is 0.481 e. The molecule has 1 aromatic carbocycles. The van der Waals surface area contributed by atoms with Gasteiger partial charge in [-0.25, -0.2) is 0 Å². The summed E-state index contributed by atoms with van der Waals surface area (Å²) in [5.74, 6) is -0.766. The van der Waals surface area contributed by atoms with Crippen molar-refractivity contribution in [3.05, 3.63) is 35.0 Å². The second-order valence-corrected chi connectivity index (χ2v) is 4.80. The van der Waals surface area contributed by atoms with E-state index in [9.17, 15) is 4.79 Å². The lowest BCUT2D eigenvalue weighted by atomic mass is 10.1. The van der Waals surface area contributed by atoms with Crippen LogP contribution in [0.25, 0.3) is 10.9 Å². The minimum absolute atomic E-state index is 0.101. The molecule has 1 aliphatic heterocycles. The van der Waals surface area contributed by atoms with Gasteiger partial charge in [-0.05, 0) is 18.1 Å². The van der Waals surface area contributed by atoms with Crippen LogP contribution in [0.5, 0.6) is 0 Å². The van der Waals surface area contributed by atoms with Crippen molar-refractivity contribution < 1.29 is 9.90 Å². The summed E-state index contributed by atoms with van der Waals surface area (Å²) in [6.07, 6.45) is 0.101. The summed E-state index contributed by atoms with van der Waals surface area (Å²) >= 11 is 0. The van der Waals surface area contributed by atoms with Gasteiger partial charge in [-0.3, -0.25) is 4.79 Å². The van der Waals surface area contributed by atoms with Gasteiger partial charge in [0, 0.05) is 30.7 Å². The van der Waals surface area contributed by atoms with Gasteiger partial charge in [0.15, 0.2) is 0 Å². The summed E-state index contributed by atoms with van der Waals surface area (Å²) in [5.41, 5.74) is 4.51. The van der Waals surface area contributed by atoms with Crippen LogP contribution < -0.4 is 5.32 Å². The van der Waals surface area contributed by atoms with Gasteiger partial charge < -0.3 is 15.0 Å². The highest BCUT2D eigenvalue weighted by atomic mass is 16.4. The van der Waals surface area contributed by atoms with E-state index in [4.69, 9.17) is 5.11 Å². The van der Waals surface area contributed by atoms with Crippen LogP contribution in [0.3, 0.4) is 0 Å². The maximum atomic E-state index is 11.1. The van der Waals surface area contributed by atoms with Crippen LogP contribution in [0.1, 0.15) is 16.8 Å². The predicted octanol–water partition coefficient (Wildman–Crippen LogP) is 1.68. The summed E-state index contributed by atoms with van der Waals surface area (Å²) in [5, 5.41) is 13.5. The van der Waals surface area contributed by atoms with Crippen LogP contribution in [0.15, 0.2) is 18.2 Å². The van der Waals surface area contributed by atoms with Crippen molar-refractivity contribution in [2.75, 3.05) is 6.54 Å². The Morgan fingerprint density at radius 1 is 1.50 bits per heavy atom. The highest BCUT2D eigenvalue weighted by Gasteiger charge is 2.21. The number of benzene rings is 1. The first-order valence-corrected chi connectivity index (χ1v) is 6.20. The van der Waals surface area contributed by atoms with Crippen molar-refractivity contribution in [3.8, 4) is 0 Å². The van der Waals surface area contributed by atoms with Crippen LogP contribution >= 0.6 is 0 Å². The molecule has 0 unspecified atom stereocenters. The number of nitrogens with one attached hydrogen (secondary N) is 1. The maximum absolute atomic E-state index is 11.1. The molecule has 2 N–H and O–H groups in total. The van der Waals surface area contributed by atoms with Gasteiger partial charge in [0.2, 0.25) is 0 Å². The number of para-hydroxylation sites is 1. The van der Waals surface area contributed by atoms with Crippen molar-refractivity contribution in [3.63, 3.8) is 0 Å². The number of hydrogen-bond acceptors (Lipinski definition) is 2. The number of rotatable bonds is 2. The Morgan fingerprint density at radius 2 is 2.33 bits per heavy atom. The lowest BCUT2D eigenvalue weighted by Crippen LogP contribution is -2.28. The molecular formula is C14H16N2O2. The lowest BCUT2D eigenvalue weighted by molar-refractivity contribution is -0.136. The summed E-state index contributed by atoms with van der Waals surface area (Å²) < 4.78 is 2.28. The zero-order valence-corrected chi connectivity index (χ0v) is 10.4. The molecule has 0 spiro atoms. The normalized spacial score (nSPS) is 14.7. The summed E-state index contributed by atoms with van der Waals surface area (Å²) in [7, 11) is 0. The molecule has 0 amide bonds. The van der Waals surface area contributed by atoms with Gasteiger partial charge in [0.05, 0.1) is 11.9 Å². The van der Waals surface area contributed by atoms with Crippen LogP contribution in [0.4, 0.5) is 0 Å². The minimum Gasteiger partial charge on any atom is -0.481 e. The fraction of sp³-hybridized carbons (Fsp3) is 0.357. The van der Waals surface area contributed by atoms with E-state index >= 15 is 0 Å². The van der Waals surface area contributed by atoms with Crippen LogP contribution in [-0.2, 0) is 24.3 Å². The van der Waals surface area contributed by atoms with E-state index in [2.05, 4.69) is 22.9 Å². The van der Waals surface area contributed by atoms with E-state index in [-0.39, 0.29) is 6.42 Å². The van der Waals surface area contributed by atoms with Gasteiger partial charge in [-0.2, -0.15) is 0 Å². The fourth-order valence-electron chi connectivity index (χ4n) is 2.91. The van der Waals surface area contributed by atoms with Crippen LogP contribution in [0, 0.1) is 6.92 Å². The summed E-state index contributed by atoms with van der Waals surface area (Å²) in [6, 6.07) is 6.12. The maximum Gasteiger partial charge on any atom is 0.307 e. The fourth-order valence-corrected chi connectivity index (χ4v) is 2.91. The monoisotopic (exact) mass is 244 g/mol. The topological polar surface area (TPSA) is 54.3 Å². The number of aromatic nitrogens is 1. The number of fused-ring (bicyclic) bond motifs is 3. The molecule has 4 heteroatoms. The number of hydrogen-bond donors (Lipinski definition) is 2. The van der Waals surface area contributed by atoms with E-state index in [0.717, 1.165) is 36.3 Å². The standard InChI is InChI=1S/C14H16N2O2/c1-9-3-2-4-10-11(7-13(17)18)12-8-15-5-6-16(12)14(9)10/h2-4,15H,5-8H2,1H3,(H,17,18). The number of carbonyl (C=O) groups is 1. The zero-order valence-electron chi connectivity index (χ0n) is 10.4. The molecule has 18 heavy (non-hydrogen) atoms. The molecule has 4 nitrogen and oxygen atoms in total. The molecule has 0 atom stereocenters. The van der Waals surface area contributed by atoms with Gasteiger partial charge in [0.25, 0.3) is 0 Å². The number of nitrogens with zero attached hydrogens (tertiary/aromatic N) is 1. The predicted molar refractivity (Wildman–Crippen MR) is 69.7 cm³/mol. The van der Waals surface area contributed by atoms with Crippen molar-refractivity contribution in [2.45, 2.75) is 26.4 Å². The SMILES string of the molecule is Cc1cccc2c(CC(=O)O)c3n(c12)CCNC3. The number of aliphatic carboxylic acids is 1. The van der Waals surface area contributed by atoms with Crippen LogP contribution in [-0.4, -0.2) is 22.2 Å². The molecule has 3 rings (SSSR count). The van der Waals surface area contributed by atoms with E-state index in [1.807, 2.05) is 12.1 Å². The van der Waals surface area contributed by atoms with Crippen LogP contribution in [0.2, 0.25) is 0 Å². The van der Waals surface area contributed by atoms with Gasteiger partial charge in [-0.1, -0.05) is 18.2 Å². The Morgan fingerprint density at radius 3 is 3.11 bits per heavy atom. The lowest BCUT2D eigenvalue weighted by Gasteiger charge is -2.19. The molecule has 0 saturated carbocycles. The van der Waals surface area contributed by atoms with Gasteiger partial charge in [0.1, 0.15) is 0 Å². The third-order valence-corrected chi connectivity index (χ3v) is 3.64. The average Bonchev–Trinajstić information content (AvgIpc) is 2.65. The van der Waals surface area contributed by atoms with E-state index in [1.165, 1.54) is 11.1 Å². The first-order valence-electron chi connectivity index (χ1n) is 6.20. The number of carboxylic acids is 1. The second-order valence-electron chi connectivity index (χ2n) is 4.80. The third-order valence-electron chi connectivity index (χ3n) is 3.64. The molecule has 0 aliphatic carbocycles. The van der Waals surface area contributed by atoms with E-state index in [1.54, 1.807) is 0 Å². The summed E-state index contributed by atoms with van der Waals surface area (Å²) in [4.78, 5) is 11.1. The molecule has 0 saturated heterocycles. The molecule has 1 aliphatic rings. The van der Waals surface area contributed by atoms with Crippen molar-refractivity contribution in [1.82, 2.24) is 9.88 Å². The zero-order chi connectivity index (χ0) is 12.7. The Labute approximate surface area is 105 Å². The smallest absolute Gasteiger partial charge is 0.307 e. The molecular weight excluding hydrogens is 228 g/mol. The van der Waals surface area contributed by atoms with Crippen molar-refractivity contribution in [2.24, 2.45) is 0 Å². The summed E-state index contributed by atoms with van der Waals surface area (Å²) in [6.45, 7) is 4.70. The van der Waals surface area contributed by atoms with Crippen molar-refractivity contribution in [1.29, 1.82) is 0 Å². The second kappa shape index (κ2) is 4.14. The Kier molecular flexibility index (Phi) is 2.59. The highest BCUT2D eigenvalue weighted by Crippen LogP contribution is 2.30. The molecule has 1 aromatic heterocycles. The Hall–Kier alpha value is -1.81. The Bertz CT molecular complexity index is 628. The van der Waals surface area contributed by atoms with Crippen molar-refractivity contribution >= 4 is 16.9 Å². The molecule has 0 fully saturated rings. The highest BCUT2D eigenvalue weighted by molar-refractivity contribution is 5.91.